The average Bonchev–Trinajstić information content (AvgIpc) is 2.46. The van der Waals surface area contributed by atoms with Crippen LogP contribution in [0.3, 0.4) is 0 Å². The fraction of sp³-hybridized carbons (Fsp3) is 0.278. The van der Waals surface area contributed by atoms with Gasteiger partial charge in [0.15, 0.2) is 5.78 Å². The Bertz CT molecular complexity index is 577. The van der Waals surface area contributed by atoms with Gasteiger partial charge in [0.25, 0.3) is 0 Å². The maximum atomic E-state index is 12.5. The Morgan fingerprint density at radius 3 is 2.45 bits per heavy atom. The van der Waals surface area contributed by atoms with Crippen molar-refractivity contribution in [3.05, 3.63) is 71.3 Å². The van der Waals surface area contributed by atoms with Gasteiger partial charge in [0.1, 0.15) is 0 Å². The first-order chi connectivity index (χ1) is 9.58. The number of Topliss-reactive ketones (excluding diaryl/α,β-unsaturated/α-hetero) is 1. The molecule has 0 saturated carbocycles. The average molecular weight is 267 g/mol. The van der Waals surface area contributed by atoms with Crippen molar-refractivity contribution in [2.45, 2.75) is 26.4 Å². The molecule has 0 bridgehead atoms. The maximum Gasteiger partial charge on any atom is 0.179 e. The molecule has 1 unspecified atom stereocenters. The van der Waals surface area contributed by atoms with Gasteiger partial charge in [-0.2, -0.15) is 0 Å². The summed E-state index contributed by atoms with van der Waals surface area (Å²) in [6, 6.07) is 17.9. The van der Waals surface area contributed by atoms with Crippen LogP contribution in [0.25, 0.3) is 0 Å². The van der Waals surface area contributed by atoms with Crippen LogP contribution >= 0.6 is 0 Å². The predicted octanol–water partition coefficient (Wildman–Crippen LogP) is 3.70. The van der Waals surface area contributed by atoms with Gasteiger partial charge >= 0.3 is 0 Å². The van der Waals surface area contributed by atoms with Crippen LogP contribution in [-0.4, -0.2) is 23.8 Å². The molecule has 2 aromatic rings. The first kappa shape index (κ1) is 14.5. The molecule has 1 atom stereocenters. The summed E-state index contributed by atoms with van der Waals surface area (Å²) in [5, 5.41) is 0. The molecule has 0 aliphatic heterocycles. The number of likely N-dealkylation sites (N-methyl/N-ethyl adjacent to an activating group) is 1. The second-order valence-corrected chi connectivity index (χ2v) is 5.31. The molecular formula is C18H21NO. The van der Waals surface area contributed by atoms with Gasteiger partial charge in [-0.1, -0.05) is 54.1 Å². The molecule has 20 heavy (non-hydrogen) atoms. The van der Waals surface area contributed by atoms with Crippen LogP contribution in [0.15, 0.2) is 54.6 Å². The minimum atomic E-state index is -0.128. The summed E-state index contributed by atoms with van der Waals surface area (Å²) in [5.74, 6) is 0.173. The lowest BCUT2D eigenvalue weighted by Crippen LogP contribution is -2.35. The molecule has 0 amide bonds. The monoisotopic (exact) mass is 267 g/mol. The molecule has 2 aromatic carbocycles. The standard InChI is InChI=1S/C18H21NO/c1-14-8-7-11-17(12-14)18(20)15(2)19(3)13-16-9-5-4-6-10-16/h4-12,15H,13H2,1-3H3. The summed E-state index contributed by atoms with van der Waals surface area (Å²) < 4.78 is 0. The zero-order chi connectivity index (χ0) is 14.5. The van der Waals surface area contributed by atoms with Crippen molar-refractivity contribution in [1.82, 2.24) is 4.90 Å². The smallest absolute Gasteiger partial charge is 0.179 e. The first-order valence-corrected chi connectivity index (χ1v) is 6.93. The van der Waals surface area contributed by atoms with Crippen molar-refractivity contribution in [3.63, 3.8) is 0 Å². The van der Waals surface area contributed by atoms with E-state index in [9.17, 15) is 4.79 Å². The van der Waals surface area contributed by atoms with E-state index < -0.39 is 0 Å². The molecule has 0 heterocycles. The SMILES string of the molecule is Cc1cccc(C(=O)C(C)N(C)Cc2ccccc2)c1. The third-order valence-corrected chi connectivity index (χ3v) is 3.62. The second-order valence-electron chi connectivity index (χ2n) is 5.31. The fourth-order valence-electron chi connectivity index (χ4n) is 2.25. The largest absolute Gasteiger partial charge is 0.292 e. The Morgan fingerprint density at radius 1 is 1.10 bits per heavy atom. The van der Waals surface area contributed by atoms with Crippen LogP contribution in [0.5, 0.6) is 0 Å². The number of hydrogen-bond donors (Lipinski definition) is 0. The molecule has 0 radical (unpaired) electrons. The van der Waals surface area contributed by atoms with Crippen molar-refractivity contribution in [3.8, 4) is 0 Å². The molecule has 0 aromatic heterocycles. The van der Waals surface area contributed by atoms with E-state index in [4.69, 9.17) is 0 Å². The number of carbonyl (C=O) groups excluding carboxylic acids is 1. The molecule has 0 aliphatic carbocycles. The summed E-state index contributed by atoms with van der Waals surface area (Å²) in [5.41, 5.74) is 3.13. The molecular weight excluding hydrogens is 246 g/mol. The third kappa shape index (κ3) is 3.55. The summed E-state index contributed by atoms with van der Waals surface area (Å²) in [6.45, 7) is 4.75. The third-order valence-electron chi connectivity index (χ3n) is 3.62. The zero-order valence-corrected chi connectivity index (χ0v) is 12.3. The van der Waals surface area contributed by atoms with E-state index in [1.165, 1.54) is 5.56 Å². The van der Waals surface area contributed by atoms with Crippen molar-refractivity contribution >= 4 is 5.78 Å². The quantitative estimate of drug-likeness (QED) is 0.770. The maximum absolute atomic E-state index is 12.5. The van der Waals surface area contributed by atoms with Crippen molar-refractivity contribution in [2.24, 2.45) is 0 Å². The van der Waals surface area contributed by atoms with Gasteiger partial charge < -0.3 is 0 Å². The van der Waals surface area contributed by atoms with E-state index in [0.29, 0.717) is 0 Å². The van der Waals surface area contributed by atoms with Crippen LogP contribution in [0, 0.1) is 6.92 Å². The Morgan fingerprint density at radius 2 is 1.80 bits per heavy atom. The van der Waals surface area contributed by atoms with Crippen LogP contribution in [-0.2, 0) is 6.54 Å². The van der Waals surface area contributed by atoms with E-state index in [0.717, 1.165) is 17.7 Å². The van der Waals surface area contributed by atoms with Crippen molar-refractivity contribution < 1.29 is 4.79 Å². The van der Waals surface area contributed by atoms with Gasteiger partial charge in [0.05, 0.1) is 6.04 Å². The number of nitrogens with zero attached hydrogens (tertiary/aromatic N) is 1. The molecule has 2 rings (SSSR count). The van der Waals surface area contributed by atoms with Gasteiger partial charge in [-0.25, -0.2) is 0 Å². The van der Waals surface area contributed by atoms with Gasteiger partial charge in [-0.3, -0.25) is 9.69 Å². The lowest BCUT2D eigenvalue weighted by molar-refractivity contribution is 0.0862. The number of carbonyl (C=O) groups is 1. The highest BCUT2D eigenvalue weighted by Crippen LogP contribution is 2.12. The van der Waals surface area contributed by atoms with Crippen molar-refractivity contribution in [1.29, 1.82) is 0 Å². The van der Waals surface area contributed by atoms with Gasteiger partial charge in [-0.15, -0.1) is 0 Å². The summed E-state index contributed by atoms with van der Waals surface area (Å²) in [7, 11) is 1.99. The summed E-state index contributed by atoms with van der Waals surface area (Å²) in [4.78, 5) is 14.6. The highest BCUT2D eigenvalue weighted by Gasteiger charge is 2.19. The normalized spacial score (nSPS) is 12.4. The number of ketones is 1. The van der Waals surface area contributed by atoms with E-state index in [1.54, 1.807) is 0 Å². The molecule has 104 valence electrons. The Hall–Kier alpha value is -1.93. The summed E-state index contributed by atoms with van der Waals surface area (Å²) in [6.07, 6.45) is 0. The number of hydrogen-bond acceptors (Lipinski definition) is 2. The van der Waals surface area contributed by atoms with E-state index >= 15 is 0 Å². The molecule has 0 fully saturated rings. The molecule has 2 nitrogen and oxygen atoms in total. The van der Waals surface area contributed by atoms with Gasteiger partial charge in [0, 0.05) is 12.1 Å². The Kier molecular flexibility index (Phi) is 4.70. The minimum Gasteiger partial charge on any atom is -0.292 e. The topological polar surface area (TPSA) is 20.3 Å². The van der Waals surface area contributed by atoms with Crippen LogP contribution < -0.4 is 0 Å². The number of aryl methyl sites for hydroxylation is 1. The number of benzene rings is 2. The van der Waals surface area contributed by atoms with Gasteiger partial charge in [0.2, 0.25) is 0 Å². The Labute approximate surface area is 121 Å². The lowest BCUT2D eigenvalue weighted by Gasteiger charge is -2.23. The summed E-state index contributed by atoms with van der Waals surface area (Å²) >= 11 is 0. The molecule has 0 spiro atoms. The predicted molar refractivity (Wildman–Crippen MR) is 82.9 cm³/mol. The number of rotatable bonds is 5. The second kappa shape index (κ2) is 6.49. The van der Waals surface area contributed by atoms with Crippen LogP contribution in [0.4, 0.5) is 0 Å². The molecule has 0 N–H and O–H groups in total. The van der Waals surface area contributed by atoms with Crippen LogP contribution in [0.2, 0.25) is 0 Å². The highest BCUT2D eigenvalue weighted by atomic mass is 16.1. The van der Waals surface area contributed by atoms with Gasteiger partial charge in [-0.05, 0) is 32.5 Å². The zero-order valence-electron chi connectivity index (χ0n) is 12.3. The van der Waals surface area contributed by atoms with Crippen molar-refractivity contribution in [2.75, 3.05) is 7.05 Å². The molecule has 2 heteroatoms. The van der Waals surface area contributed by atoms with Crippen LogP contribution in [0.1, 0.15) is 28.4 Å². The van der Waals surface area contributed by atoms with E-state index in [-0.39, 0.29) is 11.8 Å². The van der Waals surface area contributed by atoms with E-state index in [2.05, 4.69) is 17.0 Å². The molecule has 0 aliphatic rings. The Balaban J connectivity index is 2.06. The molecule has 0 saturated heterocycles. The van der Waals surface area contributed by atoms with E-state index in [1.807, 2.05) is 63.4 Å². The first-order valence-electron chi connectivity index (χ1n) is 6.93. The highest BCUT2D eigenvalue weighted by molar-refractivity contribution is 5.99. The minimum absolute atomic E-state index is 0.128. The lowest BCUT2D eigenvalue weighted by atomic mass is 10.0. The fourth-order valence-corrected chi connectivity index (χ4v) is 2.25.